The molecule has 0 aliphatic rings. The van der Waals surface area contributed by atoms with Crippen LogP contribution in [0.3, 0.4) is 0 Å². The van der Waals surface area contributed by atoms with Gasteiger partial charge in [0, 0.05) is 32.9 Å². The summed E-state index contributed by atoms with van der Waals surface area (Å²) < 4.78 is 4.81. The van der Waals surface area contributed by atoms with Gasteiger partial charge >= 0.3 is 0 Å². The molecule has 2 heterocycles. The first-order chi connectivity index (χ1) is 20.6. The summed E-state index contributed by atoms with van der Waals surface area (Å²) in [5, 5.41) is 5.16. The lowest BCUT2D eigenvalue weighted by Crippen LogP contribution is -2.00. The van der Waals surface area contributed by atoms with Crippen LogP contribution < -0.4 is 0 Å². The Kier molecular flexibility index (Phi) is 5.58. The van der Waals surface area contributed by atoms with Crippen LogP contribution >= 0.6 is 0 Å². The first-order valence-corrected chi connectivity index (χ1v) is 14.8. The summed E-state index contributed by atoms with van der Waals surface area (Å²) in [5.41, 5.74) is 12.6. The standard InChI is InChI=1S/C40H32N2/c1-26(2)36-25-29(42-39-18-10-6-14-34(39)35-15-7-11-19-40(35)42)21-23-31(36)30-22-20-28(24-27(30)3)41-37-16-8-4-12-32(37)33-13-5-9-17-38(33)41/h4-26H,1-3H3. The van der Waals surface area contributed by atoms with Gasteiger partial charge in [0.15, 0.2) is 0 Å². The van der Waals surface area contributed by atoms with Crippen LogP contribution in [-0.2, 0) is 0 Å². The number of hydrogen-bond acceptors (Lipinski definition) is 0. The van der Waals surface area contributed by atoms with E-state index in [1.54, 1.807) is 0 Å². The van der Waals surface area contributed by atoms with Crippen molar-refractivity contribution in [2.45, 2.75) is 26.7 Å². The Morgan fingerprint density at radius 1 is 0.429 bits per heavy atom. The van der Waals surface area contributed by atoms with Gasteiger partial charge in [0.25, 0.3) is 0 Å². The summed E-state index contributed by atoms with van der Waals surface area (Å²) in [6.45, 7) is 6.85. The maximum Gasteiger partial charge on any atom is 0.0541 e. The number of aryl methyl sites for hydroxylation is 1. The third kappa shape index (κ3) is 3.65. The second-order valence-corrected chi connectivity index (χ2v) is 11.7. The van der Waals surface area contributed by atoms with Gasteiger partial charge in [-0.05, 0) is 83.6 Å². The lowest BCUT2D eigenvalue weighted by atomic mass is 9.89. The highest BCUT2D eigenvalue weighted by Gasteiger charge is 2.17. The second-order valence-electron chi connectivity index (χ2n) is 11.7. The predicted molar refractivity (Wildman–Crippen MR) is 179 cm³/mol. The van der Waals surface area contributed by atoms with Gasteiger partial charge in [-0.25, -0.2) is 0 Å². The molecule has 202 valence electrons. The van der Waals surface area contributed by atoms with Gasteiger partial charge in [-0.2, -0.15) is 0 Å². The molecule has 8 aromatic rings. The van der Waals surface area contributed by atoms with E-state index in [0.29, 0.717) is 5.92 Å². The summed E-state index contributed by atoms with van der Waals surface area (Å²) in [7, 11) is 0. The minimum absolute atomic E-state index is 0.379. The maximum absolute atomic E-state index is 2.42. The average molecular weight is 541 g/mol. The maximum atomic E-state index is 2.42. The van der Waals surface area contributed by atoms with Crippen molar-refractivity contribution in [1.82, 2.24) is 9.13 Å². The molecule has 0 bridgehead atoms. The van der Waals surface area contributed by atoms with Gasteiger partial charge < -0.3 is 9.13 Å². The van der Waals surface area contributed by atoms with Crippen LogP contribution in [0.4, 0.5) is 0 Å². The largest absolute Gasteiger partial charge is 0.309 e. The topological polar surface area (TPSA) is 9.86 Å². The summed E-state index contributed by atoms with van der Waals surface area (Å²) >= 11 is 0. The molecule has 0 unspecified atom stereocenters. The van der Waals surface area contributed by atoms with Gasteiger partial charge in [-0.1, -0.05) is 98.8 Å². The van der Waals surface area contributed by atoms with E-state index in [4.69, 9.17) is 0 Å². The molecule has 2 heteroatoms. The summed E-state index contributed by atoms with van der Waals surface area (Å²) in [6, 6.07) is 48.9. The molecule has 0 saturated heterocycles. The van der Waals surface area contributed by atoms with Crippen LogP contribution in [0.1, 0.15) is 30.9 Å². The van der Waals surface area contributed by atoms with Crippen LogP contribution in [0.5, 0.6) is 0 Å². The van der Waals surface area contributed by atoms with Crippen molar-refractivity contribution in [2.24, 2.45) is 0 Å². The summed E-state index contributed by atoms with van der Waals surface area (Å²) in [4.78, 5) is 0. The quantitative estimate of drug-likeness (QED) is 0.210. The Labute approximate surface area is 246 Å². The molecule has 2 aromatic heterocycles. The third-order valence-electron chi connectivity index (χ3n) is 8.83. The zero-order valence-electron chi connectivity index (χ0n) is 24.2. The lowest BCUT2D eigenvalue weighted by molar-refractivity contribution is 0.866. The van der Waals surface area contributed by atoms with E-state index < -0.39 is 0 Å². The molecular weight excluding hydrogens is 508 g/mol. The fourth-order valence-electron chi connectivity index (χ4n) is 6.90. The van der Waals surface area contributed by atoms with Crippen molar-refractivity contribution in [3.8, 4) is 22.5 Å². The van der Waals surface area contributed by atoms with Crippen LogP contribution in [-0.4, -0.2) is 9.13 Å². The number of para-hydroxylation sites is 4. The molecule has 0 amide bonds. The molecule has 0 aliphatic heterocycles. The minimum atomic E-state index is 0.379. The zero-order valence-corrected chi connectivity index (χ0v) is 24.2. The van der Waals surface area contributed by atoms with E-state index in [1.807, 2.05) is 0 Å². The highest BCUT2D eigenvalue weighted by atomic mass is 15.0. The van der Waals surface area contributed by atoms with Gasteiger partial charge in [-0.3, -0.25) is 0 Å². The molecule has 0 radical (unpaired) electrons. The molecule has 0 spiro atoms. The van der Waals surface area contributed by atoms with E-state index in [2.05, 4.69) is 163 Å². The van der Waals surface area contributed by atoms with Gasteiger partial charge in [0.2, 0.25) is 0 Å². The molecule has 0 aliphatic carbocycles. The molecule has 8 rings (SSSR count). The van der Waals surface area contributed by atoms with Crippen molar-refractivity contribution in [2.75, 3.05) is 0 Å². The molecule has 0 saturated carbocycles. The minimum Gasteiger partial charge on any atom is -0.309 e. The third-order valence-corrected chi connectivity index (χ3v) is 8.83. The molecule has 2 nitrogen and oxygen atoms in total. The Balaban J connectivity index is 1.29. The Morgan fingerprint density at radius 2 is 0.810 bits per heavy atom. The number of benzene rings is 6. The first-order valence-electron chi connectivity index (χ1n) is 14.8. The molecule has 0 fully saturated rings. The van der Waals surface area contributed by atoms with Crippen molar-refractivity contribution in [3.05, 3.63) is 145 Å². The fourth-order valence-corrected chi connectivity index (χ4v) is 6.90. The molecule has 0 N–H and O–H groups in total. The van der Waals surface area contributed by atoms with E-state index in [9.17, 15) is 0 Å². The number of aromatic nitrogens is 2. The SMILES string of the molecule is Cc1cc(-n2c3ccccc3c3ccccc32)ccc1-c1ccc(-n2c3ccccc3c3ccccc32)cc1C(C)C. The van der Waals surface area contributed by atoms with Crippen LogP contribution in [0.2, 0.25) is 0 Å². The average Bonchev–Trinajstić information content (AvgIpc) is 3.54. The second kappa shape index (κ2) is 9.49. The first kappa shape index (κ1) is 24.7. The normalized spacial score (nSPS) is 11.9. The van der Waals surface area contributed by atoms with Gasteiger partial charge in [0.1, 0.15) is 0 Å². The highest BCUT2D eigenvalue weighted by Crippen LogP contribution is 2.38. The summed E-state index contributed by atoms with van der Waals surface area (Å²) in [6.07, 6.45) is 0. The fraction of sp³-hybridized carbons (Fsp3) is 0.100. The molecular formula is C40H32N2. The summed E-state index contributed by atoms with van der Waals surface area (Å²) in [5.74, 6) is 0.379. The lowest BCUT2D eigenvalue weighted by Gasteiger charge is -2.19. The van der Waals surface area contributed by atoms with Crippen LogP contribution in [0, 0.1) is 6.92 Å². The smallest absolute Gasteiger partial charge is 0.0541 e. The Morgan fingerprint density at radius 3 is 1.21 bits per heavy atom. The number of fused-ring (bicyclic) bond motifs is 6. The van der Waals surface area contributed by atoms with Gasteiger partial charge in [0.05, 0.1) is 22.1 Å². The number of hydrogen-bond donors (Lipinski definition) is 0. The van der Waals surface area contributed by atoms with Crippen LogP contribution in [0.25, 0.3) is 66.1 Å². The Bertz CT molecular complexity index is 2190. The van der Waals surface area contributed by atoms with Crippen molar-refractivity contribution in [3.63, 3.8) is 0 Å². The molecule has 42 heavy (non-hydrogen) atoms. The Hall–Kier alpha value is -5.08. The van der Waals surface area contributed by atoms with Gasteiger partial charge in [-0.15, -0.1) is 0 Å². The van der Waals surface area contributed by atoms with E-state index in [0.717, 1.165) is 0 Å². The number of rotatable bonds is 4. The monoisotopic (exact) mass is 540 g/mol. The zero-order chi connectivity index (χ0) is 28.4. The van der Waals surface area contributed by atoms with E-state index in [-0.39, 0.29) is 0 Å². The molecule has 0 atom stereocenters. The predicted octanol–water partition coefficient (Wildman–Crippen LogP) is 11.0. The van der Waals surface area contributed by atoms with Crippen molar-refractivity contribution in [1.29, 1.82) is 0 Å². The van der Waals surface area contributed by atoms with E-state index in [1.165, 1.54) is 77.2 Å². The highest BCUT2D eigenvalue weighted by molar-refractivity contribution is 6.10. The number of nitrogens with zero attached hydrogens (tertiary/aromatic N) is 2. The molecule has 6 aromatic carbocycles. The van der Waals surface area contributed by atoms with Crippen LogP contribution in [0.15, 0.2) is 133 Å². The van der Waals surface area contributed by atoms with Crippen molar-refractivity contribution >= 4 is 43.6 Å². The van der Waals surface area contributed by atoms with Crippen molar-refractivity contribution < 1.29 is 0 Å². The van der Waals surface area contributed by atoms with E-state index >= 15 is 0 Å².